The Hall–Kier alpha value is -2.17. The molecular formula is C23H28N2O2. The molecule has 2 aromatic carbocycles. The molecule has 2 aliphatic heterocycles. The lowest BCUT2D eigenvalue weighted by Gasteiger charge is -2.26. The zero-order valence-corrected chi connectivity index (χ0v) is 15.8. The van der Waals surface area contributed by atoms with Gasteiger partial charge in [-0.15, -0.1) is 0 Å². The lowest BCUT2D eigenvalue weighted by Crippen LogP contribution is -2.34. The fourth-order valence-electron chi connectivity index (χ4n) is 3.94. The molecule has 1 atom stereocenters. The monoisotopic (exact) mass is 364 g/mol. The van der Waals surface area contributed by atoms with E-state index in [-0.39, 0.29) is 11.9 Å². The molecule has 2 heterocycles. The fourth-order valence-corrected chi connectivity index (χ4v) is 3.94. The molecule has 142 valence electrons. The third-order valence-electron chi connectivity index (χ3n) is 5.53. The summed E-state index contributed by atoms with van der Waals surface area (Å²) >= 11 is 0. The average Bonchev–Trinajstić information content (AvgIpc) is 3.22. The second-order valence-electron chi connectivity index (χ2n) is 7.65. The van der Waals surface area contributed by atoms with Crippen LogP contribution in [0.4, 0.5) is 0 Å². The van der Waals surface area contributed by atoms with Gasteiger partial charge in [0.15, 0.2) is 0 Å². The number of hydrogen-bond donors (Lipinski definition) is 1. The van der Waals surface area contributed by atoms with E-state index in [0.717, 1.165) is 30.7 Å². The molecule has 2 saturated heterocycles. The van der Waals surface area contributed by atoms with Crippen molar-refractivity contribution in [2.45, 2.75) is 38.3 Å². The van der Waals surface area contributed by atoms with Crippen LogP contribution >= 0.6 is 0 Å². The molecule has 4 heteroatoms. The van der Waals surface area contributed by atoms with E-state index in [0.29, 0.717) is 12.2 Å². The smallest absolute Gasteiger partial charge is 0.251 e. The molecule has 2 aliphatic rings. The Morgan fingerprint density at radius 1 is 1.04 bits per heavy atom. The number of carbonyl (C=O) groups is 1. The average molecular weight is 364 g/mol. The highest BCUT2D eigenvalue weighted by atomic mass is 16.5. The molecule has 0 bridgehead atoms. The van der Waals surface area contributed by atoms with E-state index in [2.05, 4.69) is 40.5 Å². The predicted molar refractivity (Wildman–Crippen MR) is 108 cm³/mol. The zero-order chi connectivity index (χ0) is 18.5. The van der Waals surface area contributed by atoms with E-state index in [9.17, 15) is 4.79 Å². The summed E-state index contributed by atoms with van der Waals surface area (Å²) in [4.78, 5) is 15.0. The van der Waals surface area contributed by atoms with Gasteiger partial charge >= 0.3 is 0 Å². The normalized spacial score (nSPS) is 20.5. The van der Waals surface area contributed by atoms with Crippen molar-refractivity contribution in [3.63, 3.8) is 0 Å². The molecule has 2 fully saturated rings. The van der Waals surface area contributed by atoms with Crippen molar-refractivity contribution in [2.75, 3.05) is 26.3 Å². The summed E-state index contributed by atoms with van der Waals surface area (Å²) in [6.45, 7) is 4.81. The third-order valence-corrected chi connectivity index (χ3v) is 5.53. The lowest BCUT2D eigenvalue weighted by atomic mass is 10.0. The Labute approximate surface area is 161 Å². The lowest BCUT2D eigenvalue weighted by molar-refractivity contribution is 0.0930. The van der Waals surface area contributed by atoms with Gasteiger partial charge in [0.25, 0.3) is 5.91 Å². The van der Waals surface area contributed by atoms with E-state index in [1.165, 1.54) is 37.9 Å². The molecule has 0 aliphatic carbocycles. The molecule has 0 radical (unpaired) electrons. The van der Waals surface area contributed by atoms with Gasteiger partial charge in [0.05, 0.1) is 12.6 Å². The highest BCUT2D eigenvalue weighted by Gasteiger charge is 2.18. The second-order valence-corrected chi connectivity index (χ2v) is 7.65. The van der Waals surface area contributed by atoms with Crippen molar-refractivity contribution in [1.29, 1.82) is 0 Å². The summed E-state index contributed by atoms with van der Waals surface area (Å²) < 4.78 is 5.33. The maximum atomic E-state index is 12.5. The minimum Gasteiger partial charge on any atom is -0.379 e. The predicted octanol–water partition coefficient (Wildman–Crippen LogP) is 3.86. The Balaban J connectivity index is 1.42. The third kappa shape index (κ3) is 4.76. The van der Waals surface area contributed by atoms with Crippen LogP contribution < -0.4 is 5.32 Å². The number of likely N-dealkylation sites (tertiary alicyclic amines) is 1. The van der Waals surface area contributed by atoms with Crippen LogP contribution in [0.25, 0.3) is 11.1 Å². The van der Waals surface area contributed by atoms with Crippen LogP contribution in [0.5, 0.6) is 0 Å². The number of hydrogen-bond acceptors (Lipinski definition) is 3. The van der Waals surface area contributed by atoms with Crippen molar-refractivity contribution in [3.05, 3.63) is 59.7 Å². The Bertz CT molecular complexity index is 760. The molecule has 0 saturated carbocycles. The number of nitrogens with one attached hydrogen (secondary N) is 1. The van der Waals surface area contributed by atoms with Gasteiger partial charge in [0, 0.05) is 18.7 Å². The Morgan fingerprint density at radius 2 is 1.85 bits per heavy atom. The van der Waals surface area contributed by atoms with E-state index >= 15 is 0 Å². The first-order chi connectivity index (χ1) is 13.3. The molecule has 1 unspecified atom stereocenters. The summed E-state index contributed by atoms with van der Waals surface area (Å²) in [7, 11) is 0. The Kier molecular flexibility index (Phi) is 5.85. The topological polar surface area (TPSA) is 41.6 Å². The van der Waals surface area contributed by atoms with Crippen LogP contribution in [-0.2, 0) is 11.3 Å². The molecule has 4 rings (SSSR count). The minimum atomic E-state index is -0.0194. The van der Waals surface area contributed by atoms with Crippen LogP contribution in [0, 0.1) is 0 Å². The van der Waals surface area contributed by atoms with Gasteiger partial charge in [-0.1, -0.05) is 42.8 Å². The molecule has 27 heavy (non-hydrogen) atoms. The largest absolute Gasteiger partial charge is 0.379 e. The molecule has 2 aromatic rings. The van der Waals surface area contributed by atoms with Crippen LogP contribution in [0.15, 0.2) is 48.5 Å². The van der Waals surface area contributed by atoms with Crippen LogP contribution in [0.3, 0.4) is 0 Å². The molecule has 1 N–H and O–H groups in total. The van der Waals surface area contributed by atoms with Crippen molar-refractivity contribution in [3.8, 4) is 11.1 Å². The quantitative estimate of drug-likeness (QED) is 0.876. The van der Waals surface area contributed by atoms with Gasteiger partial charge in [-0.05, 0) is 61.2 Å². The van der Waals surface area contributed by atoms with Gasteiger partial charge in [0.1, 0.15) is 0 Å². The minimum absolute atomic E-state index is 0.0194. The number of piperidine rings is 1. The first-order valence-electron chi connectivity index (χ1n) is 10.1. The van der Waals surface area contributed by atoms with Crippen molar-refractivity contribution in [2.24, 2.45) is 0 Å². The molecule has 0 spiro atoms. The second kappa shape index (κ2) is 8.68. The fraction of sp³-hybridized carbons (Fsp3) is 0.435. The van der Waals surface area contributed by atoms with Gasteiger partial charge in [-0.2, -0.15) is 0 Å². The van der Waals surface area contributed by atoms with Crippen molar-refractivity contribution >= 4 is 5.91 Å². The number of benzene rings is 2. The van der Waals surface area contributed by atoms with Crippen molar-refractivity contribution in [1.82, 2.24) is 10.2 Å². The van der Waals surface area contributed by atoms with Crippen LogP contribution in [0.2, 0.25) is 0 Å². The van der Waals surface area contributed by atoms with Gasteiger partial charge in [0.2, 0.25) is 0 Å². The zero-order valence-electron chi connectivity index (χ0n) is 15.8. The maximum Gasteiger partial charge on any atom is 0.251 e. The van der Waals surface area contributed by atoms with Crippen molar-refractivity contribution < 1.29 is 9.53 Å². The summed E-state index contributed by atoms with van der Waals surface area (Å²) in [5.74, 6) is -0.0194. The first-order valence-corrected chi connectivity index (χ1v) is 10.1. The van der Waals surface area contributed by atoms with E-state index in [1.807, 2.05) is 18.2 Å². The highest BCUT2D eigenvalue weighted by molar-refractivity contribution is 5.95. The summed E-state index contributed by atoms with van der Waals surface area (Å²) in [6, 6.07) is 16.8. The van der Waals surface area contributed by atoms with Crippen LogP contribution in [0.1, 0.15) is 41.6 Å². The van der Waals surface area contributed by atoms with Gasteiger partial charge in [-0.3, -0.25) is 9.69 Å². The number of carbonyl (C=O) groups excluding carboxylic acids is 1. The summed E-state index contributed by atoms with van der Waals surface area (Å²) in [6.07, 6.45) is 4.90. The SMILES string of the molecule is O=C(NC1CCOC1)c1cccc(-c2ccc(CN3CCCCC3)cc2)c1. The number of nitrogens with zero attached hydrogens (tertiary/aromatic N) is 1. The Morgan fingerprint density at radius 3 is 2.59 bits per heavy atom. The van der Waals surface area contributed by atoms with E-state index < -0.39 is 0 Å². The molecule has 1 amide bonds. The van der Waals surface area contributed by atoms with Gasteiger partial charge < -0.3 is 10.1 Å². The number of amides is 1. The first kappa shape index (κ1) is 18.2. The number of ether oxygens (including phenoxy) is 1. The molecule has 4 nitrogen and oxygen atoms in total. The number of rotatable bonds is 5. The highest BCUT2D eigenvalue weighted by Crippen LogP contribution is 2.22. The standard InChI is InChI=1S/C23H28N2O2/c26-23(24-22-11-14-27-17-22)21-6-4-5-20(15-21)19-9-7-18(8-10-19)16-25-12-2-1-3-13-25/h4-10,15,22H,1-3,11-14,16-17H2,(H,24,26). The van der Waals surface area contributed by atoms with E-state index in [1.54, 1.807) is 0 Å². The van der Waals surface area contributed by atoms with Gasteiger partial charge in [-0.25, -0.2) is 0 Å². The summed E-state index contributed by atoms with van der Waals surface area (Å²) in [5, 5.41) is 3.06. The molecule has 0 aromatic heterocycles. The van der Waals surface area contributed by atoms with E-state index in [4.69, 9.17) is 4.74 Å². The maximum absolute atomic E-state index is 12.5. The van der Waals surface area contributed by atoms with Crippen LogP contribution in [-0.4, -0.2) is 43.2 Å². The summed E-state index contributed by atoms with van der Waals surface area (Å²) in [5.41, 5.74) is 4.29. The molecular weight excluding hydrogens is 336 g/mol.